The van der Waals surface area contributed by atoms with Crippen LogP contribution in [0.5, 0.6) is 0 Å². The molecule has 0 radical (unpaired) electrons. The second-order valence-electron chi connectivity index (χ2n) is 5.18. The minimum absolute atomic E-state index is 0.0191. The first kappa shape index (κ1) is 20.0. The van der Waals surface area contributed by atoms with Crippen LogP contribution in [0.1, 0.15) is 20.7 Å². The van der Waals surface area contributed by atoms with Gasteiger partial charge in [-0.25, -0.2) is 9.59 Å². The van der Waals surface area contributed by atoms with Gasteiger partial charge in [0.05, 0.1) is 20.6 Å². The molecular formula is C15H12Cl3N3O5. The van der Waals surface area contributed by atoms with Gasteiger partial charge in [-0.3, -0.25) is 18.7 Å². The molecule has 26 heavy (non-hydrogen) atoms. The second kappa shape index (κ2) is 7.53. The van der Waals surface area contributed by atoms with Crippen molar-refractivity contribution in [2.45, 2.75) is 0 Å². The van der Waals surface area contributed by atoms with Crippen molar-refractivity contribution in [2.24, 2.45) is 14.1 Å². The van der Waals surface area contributed by atoms with E-state index in [1.54, 1.807) is 0 Å². The predicted octanol–water partition coefficient (Wildman–Crippen LogP) is 1.67. The maximum Gasteiger partial charge on any atom is 0.341 e. The third-order valence-corrected chi connectivity index (χ3v) is 4.69. The molecule has 0 unspecified atom stereocenters. The van der Waals surface area contributed by atoms with Crippen LogP contribution in [0.4, 0.5) is 5.82 Å². The molecule has 0 aliphatic rings. The van der Waals surface area contributed by atoms with Gasteiger partial charge < -0.3 is 10.5 Å². The number of hydrogen-bond donors (Lipinski definition) is 1. The maximum atomic E-state index is 12.3. The molecule has 0 atom stereocenters. The number of carbonyl (C=O) groups excluding carboxylic acids is 2. The Labute approximate surface area is 161 Å². The van der Waals surface area contributed by atoms with E-state index in [1.807, 2.05) is 0 Å². The van der Waals surface area contributed by atoms with Gasteiger partial charge in [0.2, 0.25) is 5.78 Å². The number of rotatable bonds is 4. The molecule has 0 saturated carbocycles. The van der Waals surface area contributed by atoms with E-state index in [9.17, 15) is 19.2 Å². The lowest BCUT2D eigenvalue weighted by molar-refractivity contribution is 0.0474. The van der Waals surface area contributed by atoms with Crippen molar-refractivity contribution in [3.63, 3.8) is 0 Å². The number of aromatic nitrogens is 2. The molecule has 1 aromatic carbocycles. The molecule has 8 nitrogen and oxygen atoms in total. The van der Waals surface area contributed by atoms with E-state index in [4.69, 9.17) is 45.3 Å². The molecule has 0 amide bonds. The number of hydrogen-bond acceptors (Lipinski definition) is 6. The molecule has 2 aromatic rings. The lowest BCUT2D eigenvalue weighted by Gasteiger charge is -2.11. The first-order valence-electron chi connectivity index (χ1n) is 6.97. The van der Waals surface area contributed by atoms with Crippen LogP contribution in [-0.4, -0.2) is 27.5 Å². The molecule has 0 aliphatic carbocycles. The van der Waals surface area contributed by atoms with Gasteiger partial charge in [-0.15, -0.1) is 0 Å². The number of nitrogens with two attached hydrogens (primary N) is 1. The normalized spacial score (nSPS) is 10.7. The molecule has 2 rings (SSSR count). The van der Waals surface area contributed by atoms with Crippen molar-refractivity contribution in [2.75, 3.05) is 12.3 Å². The number of ketones is 1. The van der Waals surface area contributed by atoms with E-state index in [0.29, 0.717) is 0 Å². The van der Waals surface area contributed by atoms with E-state index in [2.05, 4.69) is 0 Å². The Bertz CT molecular complexity index is 1040. The highest BCUT2D eigenvalue weighted by atomic mass is 35.5. The number of esters is 1. The number of benzene rings is 1. The molecule has 11 heteroatoms. The first-order chi connectivity index (χ1) is 12.1. The Morgan fingerprint density at radius 1 is 1.04 bits per heavy atom. The van der Waals surface area contributed by atoms with Gasteiger partial charge in [0.25, 0.3) is 5.56 Å². The number of carbonyl (C=O) groups is 2. The highest BCUT2D eigenvalue weighted by Crippen LogP contribution is 2.31. The third-order valence-electron chi connectivity index (χ3n) is 3.57. The highest BCUT2D eigenvalue weighted by molar-refractivity contribution is 6.46. The summed E-state index contributed by atoms with van der Waals surface area (Å²) in [4.78, 5) is 48.3. The van der Waals surface area contributed by atoms with E-state index < -0.39 is 35.2 Å². The van der Waals surface area contributed by atoms with E-state index >= 15 is 0 Å². The summed E-state index contributed by atoms with van der Waals surface area (Å²) in [7, 11) is 2.49. The number of nitrogen functional groups attached to an aromatic ring is 1. The summed E-state index contributed by atoms with van der Waals surface area (Å²) in [6.07, 6.45) is 0. The Kier molecular flexibility index (Phi) is 5.80. The van der Waals surface area contributed by atoms with Crippen LogP contribution < -0.4 is 17.0 Å². The van der Waals surface area contributed by atoms with Gasteiger partial charge >= 0.3 is 11.7 Å². The topological polar surface area (TPSA) is 113 Å². The van der Waals surface area contributed by atoms with Crippen molar-refractivity contribution in [1.82, 2.24) is 9.13 Å². The number of Topliss-reactive ketones (excluding diaryl/α,β-unsaturated/α-hetero) is 1. The van der Waals surface area contributed by atoms with Crippen molar-refractivity contribution in [3.8, 4) is 0 Å². The van der Waals surface area contributed by atoms with Crippen LogP contribution in [0.25, 0.3) is 0 Å². The number of nitrogens with zero attached hydrogens (tertiary/aromatic N) is 2. The average Bonchev–Trinajstić information content (AvgIpc) is 2.60. The molecule has 0 saturated heterocycles. The van der Waals surface area contributed by atoms with Crippen LogP contribution in [0, 0.1) is 0 Å². The summed E-state index contributed by atoms with van der Waals surface area (Å²) in [6.45, 7) is -0.810. The van der Waals surface area contributed by atoms with Gasteiger partial charge in [0.15, 0.2) is 6.61 Å². The molecule has 0 spiro atoms. The fraction of sp³-hybridized carbons (Fsp3) is 0.200. The molecule has 0 fully saturated rings. The molecule has 2 N–H and O–H groups in total. The summed E-state index contributed by atoms with van der Waals surface area (Å²) in [5, 5.41) is -0.0750. The summed E-state index contributed by atoms with van der Waals surface area (Å²) in [6, 6.07) is 2.73. The van der Waals surface area contributed by atoms with Crippen molar-refractivity contribution < 1.29 is 14.3 Å². The van der Waals surface area contributed by atoms with E-state index in [-0.39, 0.29) is 26.4 Å². The van der Waals surface area contributed by atoms with Crippen LogP contribution >= 0.6 is 34.8 Å². The zero-order valence-electron chi connectivity index (χ0n) is 13.5. The maximum absolute atomic E-state index is 12.3. The van der Waals surface area contributed by atoms with Gasteiger partial charge in [0, 0.05) is 14.1 Å². The summed E-state index contributed by atoms with van der Waals surface area (Å²) >= 11 is 17.6. The molecular weight excluding hydrogens is 409 g/mol. The highest BCUT2D eigenvalue weighted by Gasteiger charge is 2.24. The van der Waals surface area contributed by atoms with Gasteiger partial charge in [-0.05, 0) is 12.1 Å². The smallest absolute Gasteiger partial charge is 0.341 e. The monoisotopic (exact) mass is 419 g/mol. The molecule has 1 aromatic heterocycles. The average molecular weight is 421 g/mol. The molecule has 138 valence electrons. The zero-order valence-corrected chi connectivity index (χ0v) is 15.8. The van der Waals surface area contributed by atoms with Crippen LogP contribution in [0.15, 0.2) is 21.7 Å². The minimum atomic E-state index is -1.00. The van der Waals surface area contributed by atoms with Crippen molar-refractivity contribution in [3.05, 3.63) is 59.2 Å². The summed E-state index contributed by atoms with van der Waals surface area (Å²) < 4.78 is 6.52. The molecule has 0 aliphatic heterocycles. The zero-order chi connectivity index (χ0) is 19.8. The lowest BCUT2D eigenvalue weighted by atomic mass is 10.2. The Morgan fingerprint density at radius 3 is 2.23 bits per heavy atom. The number of ether oxygens (including phenoxy) is 1. The second-order valence-corrected chi connectivity index (χ2v) is 6.38. The minimum Gasteiger partial charge on any atom is -0.454 e. The fourth-order valence-corrected chi connectivity index (χ4v) is 2.79. The first-order valence-corrected chi connectivity index (χ1v) is 8.10. The Morgan fingerprint density at radius 2 is 1.62 bits per heavy atom. The predicted molar refractivity (Wildman–Crippen MR) is 97.4 cm³/mol. The number of halogens is 3. The fourth-order valence-electron chi connectivity index (χ4n) is 2.11. The quantitative estimate of drug-likeness (QED) is 0.457. The van der Waals surface area contributed by atoms with E-state index in [0.717, 1.165) is 9.13 Å². The molecule has 0 bridgehead atoms. The van der Waals surface area contributed by atoms with Crippen LogP contribution in [0.2, 0.25) is 15.1 Å². The third kappa shape index (κ3) is 3.48. The number of anilines is 1. The van der Waals surface area contributed by atoms with Gasteiger partial charge in [-0.1, -0.05) is 34.8 Å². The lowest BCUT2D eigenvalue weighted by Crippen LogP contribution is -2.42. The van der Waals surface area contributed by atoms with Crippen molar-refractivity contribution in [1.29, 1.82) is 0 Å². The Hall–Kier alpha value is -2.29. The van der Waals surface area contributed by atoms with E-state index in [1.165, 1.54) is 26.2 Å². The van der Waals surface area contributed by atoms with Gasteiger partial charge in [0.1, 0.15) is 11.4 Å². The van der Waals surface area contributed by atoms with Crippen LogP contribution in [-0.2, 0) is 18.8 Å². The standard InChI is InChI=1S/C15H12Cl3N3O5/c1-20-12(19)10(13(23)21(2)15(20)25)8(22)5-26-14(24)9-6(16)3-4-7(17)11(9)18/h3-4H,5,19H2,1-2H3. The summed E-state index contributed by atoms with van der Waals surface area (Å²) in [5.74, 6) is -2.23. The van der Waals surface area contributed by atoms with Gasteiger partial charge in [-0.2, -0.15) is 0 Å². The Balaban J connectivity index is 2.31. The van der Waals surface area contributed by atoms with Crippen molar-refractivity contribution >= 4 is 52.4 Å². The van der Waals surface area contributed by atoms with Crippen LogP contribution in [0.3, 0.4) is 0 Å². The SMILES string of the molecule is Cn1c(N)c(C(=O)COC(=O)c2c(Cl)ccc(Cl)c2Cl)c(=O)n(C)c1=O. The molecule has 1 heterocycles. The summed E-state index contributed by atoms with van der Waals surface area (Å²) in [5.41, 5.74) is 3.39. The largest absolute Gasteiger partial charge is 0.454 e.